The molecule has 4 nitrogen and oxygen atoms in total. The summed E-state index contributed by atoms with van der Waals surface area (Å²) in [4.78, 5) is 4.56. The van der Waals surface area contributed by atoms with Gasteiger partial charge < -0.3 is 10.1 Å². The van der Waals surface area contributed by atoms with Gasteiger partial charge in [0.25, 0.3) is 0 Å². The zero-order chi connectivity index (χ0) is 13.2. The minimum absolute atomic E-state index is 0.503. The smallest absolute Gasteiger partial charge is 0.137 e. The van der Waals surface area contributed by atoms with E-state index in [1.54, 1.807) is 6.07 Å². The van der Waals surface area contributed by atoms with Crippen molar-refractivity contribution in [2.75, 3.05) is 0 Å². The van der Waals surface area contributed by atoms with Crippen LogP contribution in [0.25, 0.3) is 16.9 Å². The molecule has 3 aromatic rings. The molecule has 4 heteroatoms. The SMILES string of the molecule is N#Cc1cccc(-c2cn3ccc(CN)cc3n2)c1. The molecule has 92 valence electrons. The van der Waals surface area contributed by atoms with Crippen LogP contribution in [0.1, 0.15) is 11.1 Å². The Morgan fingerprint density at radius 2 is 2.16 bits per heavy atom. The third-order valence-electron chi connectivity index (χ3n) is 3.05. The zero-order valence-corrected chi connectivity index (χ0v) is 10.2. The van der Waals surface area contributed by atoms with E-state index in [2.05, 4.69) is 11.1 Å². The molecule has 0 radical (unpaired) electrons. The molecule has 19 heavy (non-hydrogen) atoms. The Bertz CT molecular complexity index is 780. The molecule has 0 spiro atoms. The van der Waals surface area contributed by atoms with Crippen molar-refractivity contribution in [2.24, 2.45) is 5.73 Å². The van der Waals surface area contributed by atoms with E-state index < -0.39 is 0 Å². The van der Waals surface area contributed by atoms with Crippen LogP contribution >= 0.6 is 0 Å². The van der Waals surface area contributed by atoms with Crippen LogP contribution < -0.4 is 5.73 Å². The molecule has 2 heterocycles. The van der Waals surface area contributed by atoms with Crippen molar-refractivity contribution in [2.45, 2.75) is 6.54 Å². The summed E-state index contributed by atoms with van der Waals surface area (Å²) in [6.07, 6.45) is 3.90. The lowest BCUT2D eigenvalue weighted by atomic mass is 10.1. The van der Waals surface area contributed by atoms with Crippen LogP contribution in [-0.2, 0) is 6.54 Å². The third-order valence-corrected chi connectivity index (χ3v) is 3.05. The summed E-state index contributed by atoms with van der Waals surface area (Å²) in [6, 6.07) is 13.5. The van der Waals surface area contributed by atoms with Crippen molar-refractivity contribution in [1.82, 2.24) is 9.38 Å². The van der Waals surface area contributed by atoms with E-state index in [1.807, 2.05) is 47.1 Å². The van der Waals surface area contributed by atoms with Crippen molar-refractivity contribution in [3.05, 3.63) is 59.9 Å². The molecular formula is C15H12N4. The van der Waals surface area contributed by atoms with Crippen LogP contribution in [0.5, 0.6) is 0 Å². The summed E-state index contributed by atoms with van der Waals surface area (Å²) in [7, 11) is 0. The molecule has 0 bridgehead atoms. The fraction of sp³-hybridized carbons (Fsp3) is 0.0667. The molecule has 3 rings (SSSR count). The highest BCUT2D eigenvalue weighted by Gasteiger charge is 2.05. The van der Waals surface area contributed by atoms with E-state index in [0.29, 0.717) is 12.1 Å². The molecule has 2 N–H and O–H groups in total. The Morgan fingerprint density at radius 1 is 1.26 bits per heavy atom. The van der Waals surface area contributed by atoms with Gasteiger partial charge in [-0.2, -0.15) is 5.26 Å². The average Bonchev–Trinajstić information content (AvgIpc) is 2.90. The van der Waals surface area contributed by atoms with Crippen LogP contribution in [0.2, 0.25) is 0 Å². The van der Waals surface area contributed by atoms with Crippen molar-refractivity contribution in [1.29, 1.82) is 5.26 Å². The van der Waals surface area contributed by atoms with Crippen LogP contribution in [0.3, 0.4) is 0 Å². The largest absolute Gasteiger partial charge is 0.326 e. The van der Waals surface area contributed by atoms with Crippen molar-refractivity contribution < 1.29 is 0 Å². The zero-order valence-electron chi connectivity index (χ0n) is 10.2. The summed E-state index contributed by atoms with van der Waals surface area (Å²) in [6.45, 7) is 0.503. The van der Waals surface area contributed by atoms with Gasteiger partial charge in [0, 0.05) is 24.5 Å². The standard InChI is InChI=1S/C15H12N4/c16-8-11-2-1-3-13(6-11)14-10-19-5-4-12(9-17)7-15(19)18-14/h1-7,10H,9,17H2. The second kappa shape index (κ2) is 4.56. The molecule has 0 saturated heterocycles. The summed E-state index contributed by atoms with van der Waals surface area (Å²) < 4.78 is 1.95. The second-order valence-electron chi connectivity index (χ2n) is 4.32. The minimum Gasteiger partial charge on any atom is -0.326 e. The molecular weight excluding hydrogens is 236 g/mol. The summed E-state index contributed by atoms with van der Waals surface area (Å²) in [5, 5.41) is 8.93. The molecule has 0 aliphatic rings. The van der Waals surface area contributed by atoms with Gasteiger partial charge in [-0.15, -0.1) is 0 Å². The Balaban J connectivity index is 2.12. The first-order valence-electron chi connectivity index (χ1n) is 5.98. The monoisotopic (exact) mass is 248 g/mol. The number of nitrogens with zero attached hydrogens (tertiary/aromatic N) is 3. The van der Waals surface area contributed by atoms with Crippen LogP contribution in [0.4, 0.5) is 0 Å². The molecule has 2 aromatic heterocycles. The van der Waals surface area contributed by atoms with Crippen LogP contribution in [-0.4, -0.2) is 9.38 Å². The van der Waals surface area contributed by atoms with E-state index in [-0.39, 0.29) is 0 Å². The van der Waals surface area contributed by atoms with Gasteiger partial charge in [-0.25, -0.2) is 4.98 Å². The highest BCUT2D eigenvalue weighted by atomic mass is 15.0. The molecule has 0 atom stereocenters. The van der Waals surface area contributed by atoms with E-state index in [4.69, 9.17) is 11.0 Å². The molecule has 0 fully saturated rings. The molecule has 0 amide bonds. The fourth-order valence-electron chi connectivity index (χ4n) is 2.04. The van der Waals surface area contributed by atoms with E-state index in [1.165, 1.54) is 0 Å². The van der Waals surface area contributed by atoms with E-state index in [9.17, 15) is 0 Å². The number of nitrogens with two attached hydrogens (primary N) is 1. The van der Waals surface area contributed by atoms with Gasteiger partial charge in [-0.3, -0.25) is 0 Å². The summed E-state index contributed by atoms with van der Waals surface area (Å²) in [5.41, 5.74) is 9.97. The number of hydrogen-bond donors (Lipinski definition) is 1. The lowest BCUT2D eigenvalue weighted by Crippen LogP contribution is -1.96. The molecule has 0 unspecified atom stereocenters. The predicted octanol–water partition coefficient (Wildman–Crippen LogP) is 2.33. The van der Waals surface area contributed by atoms with Crippen LogP contribution in [0.15, 0.2) is 48.8 Å². The van der Waals surface area contributed by atoms with Gasteiger partial charge in [-0.1, -0.05) is 12.1 Å². The maximum absolute atomic E-state index is 8.93. The quantitative estimate of drug-likeness (QED) is 0.756. The van der Waals surface area contributed by atoms with Gasteiger partial charge in [0.1, 0.15) is 5.65 Å². The van der Waals surface area contributed by atoms with Crippen LogP contribution in [0, 0.1) is 11.3 Å². The molecule has 0 aliphatic heterocycles. The third kappa shape index (κ3) is 2.07. The molecule has 0 saturated carbocycles. The average molecular weight is 248 g/mol. The highest BCUT2D eigenvalue weighted by molar-refractivity contribution is 5.64. The first-order chi connectivity index (χ1) is 9.30. The number of hydrogen-bond acceptors (Lipinski definition) is 3. The van der Waals surface area contributed by atoms with Gasteiger partial charge >= 0.3 is 0 Å². The lowest BCUT2D eigenvalue weighted by molar-refractivity contribution is 1.05. The summed E-state index contributed by atoms with van der Waals surface area (Å²) >= 11 is 0. The Labute approximate surface area is 110 Å². The van der Waals surface area contributed by atoms with Gasteiger partial charge in [-0.05, 0) is 29.8 Å². The lowest BCUT2D eigenvalue weighted by Gasteiger charge is -1.96. The fourth-order valence-corrected chi connectivity index (χ4v) is 2.04. The van der Waals surface area contributed by atoms with Gasteiger partial charge in [0.05, 0.1) is 17.3 Å². The Hall–Kier alpha value is -2.64. The Morgan fingerprint density at radius 3 is 2.95 bits per heavy atom. The molecule has 0 aliphatic carbocycles. The number of benzene rings is 1. The van der Waals surface area contributed by atoms with E-state index in [0.717, 1.165) is 22.5 Å². The first kappa shape index (κ1) is 11.5. The normalized spacial score (nSPS) is 10.5. The predicted molar refractivity (Wildman–Crippen MR) is 73.2 cm³/mol. The van der Waals surface area contributed by atoms with Crippen molar-refractivity contribution in [3.8, 4) is 17.3 Å². The number of nitriles is 1. The second-order valence-corrected chi connectivity index (χ2v) is 4.32. The minimum atomic E-state index is 0.503. The topological polar surface area (TPSA) is 67.1 Å². The number of fused-ring (bicyclic) bond motifs is 1. The maximum Gasteiger partial charge on any atom is 0.137 e. The number of aromatic nitrogens is 2. The summed E-state index contributed by atoms with van der Waals surface area (Å²) in [5.74, 6) is 0. The number of rotatable bonds is 2. The number of pyridine rings is 1. The van der Waals surface area contributed by atoms with Crippen molar-refractivity contribution in [3.63, 3.8) is 0 Å². The highest BCUT2D eigenvalue weighted by Crippen LogP contribution is 2.20. The van der Waals surface area contributed by atoms with E-state index >= 15 is 0 Å². The number of imidazole rings is 1. The maximum atomic E-state index is 8.93. The van der Waals surface area contributed by atoms with Gasteiger partial charge in [0.15, 0.2) is 0 Å². The first-order valence-corrected chi connectivity index (χ1v) is 5.98. The van der Waals surface area contributed by atoms with Gasteiger partial charge in [0.2, 0.25) is 0 Å². The molecule has 1 aromatic carbocycles. The Kier molecular flexibility index (Phi) is 2.75. The van der Waals surface area contributed by atoms with Crippen molar-refractivity contribution >= 4 is 5.65 Å².